The zero-order valence-electron chi connectivity index (χ0n) is 15.9. The lowest BCUT2D eigenvalue weighted by atomic mass is 10.1. The Bertz CT molecular complexity index is 902. The lowest BCUT2D eigenvalue weighted by Crippen LogP contribution is -2.59. The van der Waals surface area contributed by atoms with Crippen molar-refractivity contribution in [2.75, 3.05) is 18.4 Å². The maximum Gasteiger partial charge on any atom is 0.312 e. The first kappa shape index (κ1) is 20.8. The van der Waals surface area contributed by atoms with Crippen LogP contribution in [0.5, 0.6) is 0 Å². The van der Waals surface area contributed by atoms with Gasteiger partial charge in [0.2, 0.25) is 5.91 Å². The Labute approximate surface area is 173 Å². The number of amides is 3. The summed E-state index contributed by atoms with van der Waals surface area (Å²) in [6.45, 7) is 2.55. The van der Waals surface area contributed by atoms with E-state index in [2.05, 4.69) is 5.32 Å². The van der Waals surface area contributed by atoms with Crippen molar-refractivity contribution < 1.29 is 18.8 Å². The van der Waals surface area contributed by atoms with E-state index in [4.69, 9.17) is 11.6 Å². The number of nitrogens with one attached hydrogen (secondary N) is 1. The zero-order chi connectivity index (χ0) is 21.0. The van der Waals surface area contributed by atoms with E-state index in [0.29, 0.717) is 23.7 Å². The number of anilines is 1. The quantitative estimate of drug-likeness (QED) is 0.734. The van der Waals surface area contributed by atoms with Crippen LogP contribution in [-0.4, -0.2) is 46.7 Å². The second-order valence-electron chi connectivity index (χ2n) is 6.77. The molecule has 3 rings (SSSR count). The van der Waals surface area contributed by atoms with Crippen LogP contribution in [0.2, 0.25) is 5.02 Å². The van der Waals surface area contributed by atoms with Crippen LogP contribution in [-0.2, 0) is 20.9 Å². The smallest absolute Gasteiger partial charge is 0.312 e. The number of piperazine rings is 1. The molecule has 1 heterocycles. The molecule has 0 aliphatic carbocycles. The van der Waals surface area contributed by atoms with E-state index in [1.54, 1.807) is 43.3 Å². The molecule has 29 heavy (non-hydrogen) atoms. The van der Waals surface area contributed by atoms with Crippen LogP contribution in [0, 0.1) is 5.82 Å². The van der Waals surface area contributed by atoms with E-state index in [0.717, 1.165) is 5.56 Å². The molecule has 0 saturated carbocycles. The maximum atomic E-state index is 13.0. The van der Waals surface area contributed by atoms with Crippen LogP contribution in [0.25, 0.3) is 0 Å². The molecule has 2 aromatic carbocycles. The van der Waals surface area contributed by atoms with Crippen molar-refractivity contribution >= 4 is 35.0 Å². The van der Waals surface area contributed by atoms with E-state index in [-0.39, 0.29) is 24.8 Å². The first-order chi connectivity index (χ1) is 13.9. The van der Waals surface area contributed by atoms with E-state index in [1.165, 1.54) is 21.9 Å². The Morgan fingerprint density at radius 3 is 2.34 bits per heavy atom. The van der Waals surface area contributed by atoms with Gasteiger partial charge in [-0.25, -0.2) is 4.39 Å². The number of nitrogens with zero attached hydrogens (tertiary/aromatic N) is 2. The van der Waals surface area contributed by atoms with Crippen molar-refractivity contribution in [1.82, 2.24) is 9.80 Å². The number of hydrogen-bond donors (Lipinski definition) is 1. The van der Waals surface area contributed by atoms with Crippen LogP contribution >= 0.6 is 11.6 Å². The van der Waals surface area contributed by atoms with Crippen molar-refractivity contribution in [2.45, 2.75) is 25.9 Å². The maximum absolute atomic E-state index is 13.0. The summed E-state index contributed by atoms with van der Waals surface area (Å²) in [5.74, 6) is -2.10. The van der Waals surface area contributed by atoms with Crippen LogP contribution in [0.4, 0.5) is 10.1 Å². The molecule has 0 aromatic heterocycles. The molecule has 0 radical (unpaired) electrons. The van der Waals surface area contributed by atoms with E-state index in [9.17, 15) is 18.8 Å². The molecule has 1 saturated heterocycles. The molecule has 3 amide bonds. The fourth-order valence-corrected chi connectivity index (χ4v) is 3.38. The van der Waals surface area contributed by atoms with Gasteiger partial charge in [0.25, 0.3) is 0 Å². The molecule has 1 aliphatic heterocycles. The molecule has 1 N–H and O–H groups in total. The second-order valence-corrected chi connectivity index (χ2v) is 7.21. The molecular weight excluding hydrogens is 397 g/mol. The summed E-state index contributed by atoms with van der Waals surface area (Å²) in [7, 11) is 0. The molecular formula is C21H21ClFN3O3. The predicted octanol–water partition coefficient (Wildman–Crippen LogP) is 3.07. The van der Waals surface area contributed by atoms with Gasteiger partial charge in [0.05, 0.1) is 0 Å². The fraction of sp³-hybridized carbons (Fsp3) is 0.286. The van der Waals surface area contributed by atoms with Crippen molar-refractivity contribution in [3.8, 4) is 0 Å². The van der Waals surface area contributed by atoms with Gasteiger partial charge in [-0.15, -0.1) is 0 Å². The molecule has 8 heteroatoms. The Balaban J connectivity index is 1.66. The number of halogens is 2. The lowest BCUT2D eigenvalue weighted by Gasteiger charge is -2.37. The van der Waals surface area contributed by atoms with Crippen LogP contribution in [0.1, 0.15) is 18.9 Å². The SMILES string of the molecule is CC[C@H](C(=O)Nc1ccc(Cl)cc1)N1CCN(Cc2ccc(F)cc2)C(=O)C1=O. The minimum absolute atomic E-state index is 0.215. The highest BCUT2D eigenvalue weighted by Crippen LogP contribution is 2.18. The van der Waals surface area contributed by atoms with E-state index >= 15 is 0 Å². The van der Waals surface area contributed by atoms with Gasteiger partial charge in [-0.2, -0.15) is 0 Å². The Morgan fingerprint density at radius 2 is 1.72 bits per heavy atom. The van der Waals surface area contributed by atoms with Crippen LogP contribution < -0.4 is 5.32 Å². The normalized spacial score (nSPS) is 15.4. The fourth-order valence-electron chi connectivity index (χ4n) is 3.25. The highest BCUT2D eigenvalue weighted by atomic mass is 35.5. The van der Waals surface area contributed by atoms with Crippen molar-refractivity contribution in [3.05, 3.63) is 64.9 Å². The summed E-state index contributed by atoms with van der Waals surface area (Å²) in [5, 5.41) is 3.31. The van der Waals surface area contributed by atoms with E-state index < -0.39 is 17.9 Å². The molecule has 2 aromatic rings. The standard InChI is InChI=1S/C21H21ClFN3O3/c1-2-18(19(27)24-17-9-5-15(22)6-10-17)26-12-11-25(20(28)21(26)29)13-14-3-7-16(23)8-4-14/h3-10,18H,2,11-13H2,1H3,(H,24,27)/t18-/m1/s1. The molecule has 1 aliphatic rings. The average molecular weight is 418 g/mol. The van der Waals surface area contributed by atoms with Crippen molar-refractivity contribution in [3.63, 3.8) is 0 Å². The lowest BCUT2D eigenvalue weighted by molar-refractivity contribution is -0.159. The second kappa shape index (κ2) is 9.05. The van der Waals surface area contributed by atoms with Crippen LogP contribution in [0.15, 0.2) is 48.5 Å². The van der Waals surface area contributed by atoms with Gasteiger partial charge in [-0.3, -0.25) is 14.4 Å². The number of benzene rings is 2. The molecule has 1 fully saturated rings. The summed E-state index contributed by atoms with van der Waals surface area (Å²) < 4.78 is 13.0. The van der Waals surface area contributed by atoms with Gasteiger partial charge in [-0.05, 0) is 48.4 Å². The Hall–Kier alpha value is -2.93. The van der Waals surface area contributed by atoms with Gasteiger partial charge < -0.3 is 15.1 Å². The molecule has 1 atom stereocenters. The zero-order valence-corrected chi connectivity index (χ0v) is 16.7. The largest absolute Gasteiger partial charge is 0.328 e. The number of rotatable bonds is 6. The van der Waals surface area contributed by atoms with Crippen molar-refractivity contribution in [2.24, 2.45) is 0 Å². The summed E-state index contributed by atoms with van der Waals surface area (Å²) >= 11 is 5.85. The van der Waals surface area contributed by atoms with Gasteiger partial charge in [0.1, 0.15) is 11.9 Å². The van der Waals surface area contributed by atoms with Crippen molar-refractivity contribution in [1.29, 1.82) is 0 Å². The summed E-state index contributed by atoms with van der Waals surface area (Å²) in [6, 6.07) is 11.7. The van der Waals surface area contributed by atoms with Gasteiger partial charge in [0.15, 0.2) is 0 Å². The number of carbonyl (C=O) groups is 3. The first-order valence-corrected chi connectivity index (χ1v) is 9.67. The summed E-state index contributed by atoms with van der Waals surface area (Å²) in [5.41, 5.74) is 1.29. The minimum atomic E-state index is -0.755. The summed E-state index contributed by atoms with van der Waals surface area (Å²) in [6.07, 6.45) is 0.371. The summed E-state index contributed by atoms with van der Waals surface area (Å²) in [4.78, 5) is 40.6. The highest BCUT2D eigenvalue weighted by Gasteiger charge is 2.38. The third kappa shape index (κ3) is 4.92. The molecule has 0 spiro atoms. The number of carbonyl (C=O) groups excluding carboxylic acids is 3. The Kier molecular flexibility index (Phi) is 6.49. The van der Waals surface area contributed by atoms with Crippen LogP contribution in [0.3, 0.4) is 0 Å². The predicted molar refractivity (Wildman–Crippen MR) is 108 cm³/mol. The minimum Gasteiger partial charge on any atom is -0.328 e. The highest BCUT2D eigenvalue weighted by molar-refractivity contribution is 6.36. The van der Waals surface area contributed by atoms with E-state index in [1.807, 2.05) is 0 Å². The number of hydrogen-bond acceptors (Lipinski definition) is 3. The first-order valence-electron chi connectivity index (χ1n) is 9.29. The average Bonchev–Trinajstić information content (AvgIpc) is 2.71. The molecule has 0 unspecified atom stereocenters. The monoisotopic (exact) mass is 417 g/mol. The topological polar surface area (TPSA) is 69.7 Å². The van der Waals surface area contributed by atoms with Gasteiger partial charge in [0, 0.05) is 30.3 Å². The Morgan fingerprint density at radius 1 is 1.07 bits per heavy atom. The third-order valence-electron chi connectivity index (χ3n) is 4.81. The molecule has 6 nitrogen and oxygen atoms in total. The molecule has 152 valence electrons. The van der Waals surface area contributed by atoms with Gasteiger partial charge in [-0.1, -0.05) is 30.7 Å². The third-order valence-corrected chi connectivity index (χ3v) is 5.06. The molecule has 0 bridgehead atoms. The van der Waals surface area contributed by atoms with Gasteiger partial charge >= 0.3 is 11.8 Å².